The molecule has 1 aromatic heterocycles. The summed E-state index contributed by atoms with van der Waals surface area (Å²) in [7, 11) is 0. The van der Waals surface area contributed by atoms with Gasteiger partial charge in [-0.05, 0) is 39.7 Å². The molecule has 0 aliphatic heterocycles. The topological polar surface area (TPSA) is 87.7 Å². The minimum Gasteiger partial charge on any atom is -0.364 e. The number of aromatic nitrogens is 1. The lowest BCUT2D eigenvalue weighted by molar-refractivity contribution is -0.117. The van der Waals surface area contributed by atoms with E-state index in [0.717, 1.165) is 5.56 Å². The van der Waals surface area contributed by atoms with Crippen molar-refractivity contribution in [2.45, 2.75) is 12.8 Å². The SMILES string of the molecule is O=C(Cc1ccccc1)Cc1conc1C(=Nc1ccc(F)c(Br)c1)NO. The van der Waals surface area contributed by atoms with E-state index in [1.54, 1.807) is 0 Å². The van der Waals surface area contributed by atoms with Crippen molar-refractivity contribution < 1.29 is 18.9 Å². The zero-order chi connectivity index (χ0) is 19.2. The average molecular weight is 432 g/mol. The number of ketones is 1. The normalized spacial score (nSPS) is 11.4. The summed E-state index contributed by atoms with van der Waals surface area (Å²) >= 11 is 3.08. The molecule has 0 unspecified atom stereocenters. The highest BCUT2D eigenvalue weighted by Crippen LogP contribution is 2.23. The van der Waals surface area contributed by atoms with Gasteiger partial charge < -0.3 is 4.52 Å². The lowest BCUT2D eigenvalue weighted by Crippen LogP contribution is -2.22. The van der Waals surface area contributed by atoms with Crippen LogP contribution in [-0.2, 0) is 17.6 Å². The number of carbonyl (C=O) groups excluding carboxylic acids is 1. The Morgan fingerprint density at radius 1 is 1.22 bits per heavy atom. The molecular weight excluding hydrogens is 417 g/mol. The van der Waals surface area contributed by atoms with E-state index >= 15 is 0 Å². The first kappa shape index (κ1) is 18.9. The van der Waals surface area contributed by atoms with Crippen LogP contribution < -0.4 is 5.48 Å². The number of Topliss-reactive ketones (excluding diaryl/α,β-unsaturated/α-hetero) is 1. The third-order valence-corrected chi connectivity index (χ3v) is 4.36. The van der Waals surface area contributed by atoms with E-state index in [4.69, 9.17) is 4.52 Å². The Bertz CT molecular complexity index is 973. The smallest absolute Gasteiger partial charge is 0.180 e. The molecule has 0 amide bonds. The van der Waals surface area contributed by atoms with Crippen molar-refractivity contribution in [3.8, 4) is 0 Å². The lowest BCUT2D eigenvalue weighted by atomic mass is 10.0. The summed E-state index contributed by atoms with van der Waals surface area (Å²) in [6.45, 7) is 0. The zero-order valence-corrected chi connectivity index (χ0v) is 15.6. The summed E-state index contributed by atoms with van der Waals surface area (Å²) < 4.78 is 18.5. The average Bonchev–Trinajstić information content (AvgIpc) is 3.11. The maximum absolute atomic E-state index is 13.4. The van der Waals surface area contributed by atoms with Crippen LogP contribution in [0, 0.1) is 5.82 Å². The molecule has 0 spiro atoms. The van der Waals surface area contributed by atoms with Crippen LogP contribution in [0.3, 0.4) is 0 Å². The predicted octanol–water partition coefficient (Wildman–Crippen LogP) is 3.99. The van der Waals surface area contributed by atoms with E-state index < -0.39 is 5.82 Å². The van der Waals surface area contributed by atoms with Crippen LogP contribution in [0.2, 0.25) is 0 Å². The number of rotatable bonds is 6. The summed E-state index contributed by atoms with van der Waals surface area (Å²) in [6, 6.07) is 13.5. The van der Waals surface area contributed by atoms with Gasteiger partial charge >= 0.3 is 0 Å². The zero-order valence-electron chi connectivity index (χ0n) is 14.0. The molecule has 0 saturated heterocycles. The van der Waals surface area contributed by atoms with Gasteiger partial charge in [-0.1, -0.05) is 35.5 Å². The highest BCUT2D eigenvalue weighted by molar-refractivity contribution is 9.10. The van der Waals surface area contributed by atoms with E-state index in [1.807, 2.05) is 35.8 Å². The molecule has 8 heteroatoms. The minimum atomic E-state index is -0.430. The highest BCUT2D eigenvalue weighted by atomic mass is 79.9. The van der Waals surface area contributed by atoms with Gasteiger partial charge in [-0.25, -0.2) is 9.38 Å². The molecule has 0 atom stereocenters. The molecule has 0 aliphatic carbocycles. The quantitative estimate of drug-likeness (QED) is 0.350. The molecule has 0 aliphatic rings. The number of hydrogen-bond acceptors (Lipinski definition) is 5. The molecule has 6 nitrogen and oxygen atoms in total. The van der Waals surface area contributed by atoms with Crippen molar-refractivity contribution in [1.82, 2.24) is 10.6 Å². The molecule has 2 N–H and O–H groups in total. The third kappa shape index (κ3) is 4.87. The summed E-state index contributed by atoms with van der Waals surface area (Å²) in [5.41, 5.74) is 3.94. The molecular formula is C19H15BrFN3O3. The Labute approximate surface area is 162 Å². The fraction of sp³-hybridized carbons (Fsp3) is 0.105. The van der Waals surface area contributed by atoms with Gasteiger partial charge in [0.25, 0.3) is 0 Å². The van der Waals surface area contributed by atoms with E-state index in [2.05, 4.69) is 26.1 Å². The molecule has 138 valence electrons. The van der Waals surface area contributed by atoms with Crippen LogP contribution in [0.5, 0.6) is 0 Å². The molecule has 0 bridgehead atoms. The number of amidine groups is 1. The number of hydroxylamine groups is 1. The molecule has 1 heterocycles. The minimum absolute atomic E-state index is 0.00947. The second kappa shape index (κ2) is 8.70. The standard InChI is InChI=1S/C19H15BrFN3O3/c20-16-10-14(6-7-17(16)21)22-19(23-26)18-13(11-27-24-18)9-15(25)8-12-4-2-1-3-5-12/h1-7,10-11,26H,8-9H2,(H,22,23). The number of benzene rings is 2. The molecule has 0 saturated carbocycles. The monoisotopic (exact) mass is 431 g/mol. The summed E-state index contributed by atoms with van der Waals surface area (Å²) in [6.07, 6.45) is 1.68. The fourth-order valence-electron chi connectivity index (χ4n) is 2.49. The molecule has 2 aromatic carbocycles. The van der Waals surface area contributed by atoms with Crippen molar-refractivity contribution >= 4 is 33.2 Å². The van der Waals surface area contributed by atoms with Gasteiger partial charge in [0.2, 0.25) is 0 Å². The van der Waals surface area contributed by atoms with E-state index in [9.17, 15) is 14.4 Å². The first-order chi connectivity index (χ1) is 13.1. The first-order valence-electron chi connectivity index (χ1n) is 8.00. The van der Waals surface area contributed by atoms with Crippen LogP contribution in [0.1, 0.15) is 16.8 Å². The Balaban J connectivity index is 1.80. The number of aliphatic imine (C=N–C) groups is 1. The summed E-state index contributed by atoms with van der Waals surface area (Å²) in [5, 5.41) is 13.3. The number of nitrogens with one attached hydrogen (secondary N) is 1. The maximum Gasteiger partial charge on any atom is 0.180 e. The second-order valence-electron chi connectivity index (χ2n) is 5.74. The maximum atomic E-state index is 13.4. The Morgan fingerprint density at radius 2 is 2.00 bits per heavy atom. The van der Waals surface area contributed by atoms with Gasteiger partial charge in [0.15, 0.2) is 11.5 Å². The van der Waals surface area contributed by atoms with Crippen LogP contribution in [0.25, 0.3) is 0 Å². The number of halogens is 2. The lowest BCUT2D eigenvalue weighted by Gasteiger charge is -2.05. The van der Waals surface area contributed by atoms with E-state index in [-0.39, 0.29) is 34.6 Å². The fourth-order valence-corrected chi connectivity index (χ4v) is 2.86. The molecule has 3 rings (SSSR count). The third-order valence-electron chi connectivity index (χ3n) is 3.75. The number of nitrogens with zero attached hydrogens (tertiary/aromatic N) is 2. The highest BCUT2D eigenvalue weighted by Gasteiger charge is 2.17. The van der Waals surface area contributed by atoms with Gasteiger partial charge in [-0.2, -0.15) is 0 Å². The van der Waals surface area contributed by atoms with E-state index in [0.29, 0.717) is 11.3 Å². The molecule has 0 radical (unpaired) electrons. The largest absolute Gasteiger partial charge is 0.364 e. The van der Waals surface area contributed by atoms with Crippen molar-refractivity contribution in [1.29, 1.82) is 0 Å². The van der Waals surface area contributed by atoms with Crippen LogP contribution in [0.4, 0.5) is 10.1 Å². The van der Waals surface area contributed by atoms with Crippen molar-refractivity contribution in [3.63, 3.8) is 0 Å². The van der Waals surface area contributed by atoms with Gasteiger partial charge in [-0.3, -0.25) is 15.5 Å². The Kier molecular flexibility index (Phi) is 6.10. The molecule has 0 fully saturated rings. The van der Waals surface area contributed by atoms with Gasteiger partial charge in [0.05, 0.1) is 10.2 Å². The number of carbonyl (C=O) groups is 1. The predicted molar refractivity (Wildman–Crippen MR) is 101 cm³/mol. The second-order valence-corrected chi connectivity index (χ2v) is 6.59. The van der Waals surface area contributed by atoms with Gasteiger partial charge in [-0.15, -0.1) is 0 Å². The van der Waals surface area contributed by atoms with E-state index in [1.165, 1.54) is 24.5 Å². The molecule has 3 aromatic rings. The summed E-state index contributed by atoms with van der Waals surface area (Å²) in [4.78, 5) is 16.5. The van der Waals surface area contributed by atoms with Crippen molar-refractivity contribution in [2.24, 2.45) is 4.99 Å². The Hall–Kier alpha value is -2.84. The van der Waals surface area contributed by atoms with Crippen LogP contribution in [0.15, 0.2) is 68.8 Å². The van der Waals surface area contributed by atoms with Crippen LogP contribution >= 0.6 is 15.9 Å². The summed E-state index contributed by atoms with van der Waals surface area (Å²) in [5.74, 6) is -0.474. The number of hydrogen-bond donors (Lipinski definition) is 2. The van der Waals surface area contributed by atoms with Gasteiger partial charge in [0, 0.05) is 18.4 Å². The van der Waals surface area contributed by atoms with Gasteiger partial charge in [0.1, 0.15) is 17.9 Å². The Morgan fingerprint density at radius 3 is 2.70 bits per heavy atom. The van der Waals surface area contributed by atoms with Crippen molar-refractivity contribution in [3.05, 3.63) is 81.9 Å². The van der Waals surface area contributed by atoms with Crippen LogP contribution in [-0.4, -0.2) is 22.0 Å². The molecule has 27 heavy (non-hydrogen) atoms. The first-order valence-corrected chi connectivity index (χ1v) is 8.79. The van der Waals surface area contributed by atoms with Crippen molar-refractivity contribution in [2.75, 3.05) is 0 Å².